The number of aliphatic hydroxyl groups excluding tert-OH is 1. The predicted molar refractivity (Wildman–Crippen MR) is 147 cm³/mol. The maximum Gasteiger partial charge on any atom is 0.407 e. The van der Waals surface area contributed by atoms with E-state index in [2.05, 4.69) is 15.0 Å². The predicted octanol–water partition coefficient (Wildman–Crippen LogP) is 4.21. The number of carbonyl (C=O) groups is 1. The Bertz CT molecular complexity index is 1310. The average Bonchev–Trinajstić information content (AvgIpc) is 3.23. The maximum absolute atomic E-state index is 12.5. The van der Waals surface area contributed by atoms with Crippen molar-refractivity contribution in [3.63, 3.8) is 0 Å². The van der Waals surface area contributed by atoms with Gasteiger partial charge >= 0.3 is 6.09 Å². The molecule has 2 aromatic carbocycles. The number of ether oxygens (including phenoxy) is 1. The fraction of sp³-hybridized carbons (Fsp3) is 0.385. The number of hydrogen-bond acceptors (Lipinski definition) is 7. The summed E-state index contributed by atoms with van der Waals surface area (Å²) >= 11 is 1.46. The number of benzene rings is 2. The Morgan fingerprint density at radius 3 is 2.49 bits per heavy atom. The number of nitrogens with one attached hydrogen (secondary N) is 2. The zero-order valence-electron chi connectivity index (χ0n) is 21.4. The van der Waals surface area contributed by atoms with Gasteiger partial charge in [0.1, 0.15) is 11.7 Å². The zero-order valence-corrected chi connectivity index (χ0v) is 23.0. The number of nitrogens with two attached hydrogens (primary N) is 1. The van der Waals surface area contributed by atoms with E-state index in [9.17, 15) is 18.3 Å². The molecule has 0 radical (unpaired) electrons. The highest BCUT2D eigenvalue weighted by Gasteiger charge is 2.27. The molecule has 1 aromatic heterocycles. The van der Waals surface area contributed by atoms with E-state index in [1.54, 1.807) is 32.9 Å². The van der Waals surface area contributed by atoms with Crippen LogP contribution in [0.3, 0.4) is 0 Å². The molecule has 0 saturated heterocycles. The van der Waals surface area contributed by atoms with Crippen LogP contribution in [-0.4, -0.2) is 43.8 Å². The summed E-state index contributed by atoms with van der Waals surface area (Å²) in [5.74, 6) is -0.234. The highest BCUT2D eigenvalue weighted by Crippen LogP contribution is 2.32. The van der Waals surface area contributed by atoms with Crippen molar-refractivity contribution >= 4 is 43.5 Å². The summed E-state index contributed by atoms with van der Waals surface area (Å²) < 4.78 is 33.6. The SMILES string of the molecule is Cc1ccc(S(=O)(=O)NC(N)=NCCC[C@H](NC(=O)OC(C)(C)C)C(O)c2cc3ccccc3s2)cc1. The molecule has 2 atom stereocenters. The van der Waals surface area contributed by atoms with E-state index >= 15 is 0 Å². The number of rotatable bonds is 9. The molecule has 0 aliphatic heterocycles. The van der Waals surface area contributed by atoms with Crippen molar-refractivity contribution in [1.82, 2.24) is 10.0 Å². The molecule has 9 nitrogen and oxygen atoms in total. The fourth-order valence-electron chi connectivity index (χ4n) is 3.57. The topological polar surface area (TPSA) is 143 Å². The number of guanidine groups is 1. The van der Waals surface area contributed by atoms with Gasteiger partial charge in [-0.2, -0.15) is 0 Å². The van der Waals surface area contributed by atoms with Crippen molar-refractivity contribution in [2.24, 2.45) is 10.7 Å². The summed E-state index contributed by atoms with van der Waals surface area (Å²) in [5.41, 5.74) is 6.06. The molecule has 0 fully saturated rings. The molecule has 5 N–H and O–H groups in total. The van der Waals surface area contributed by atoms with Crippen LogP contribution in [0, 0.1) is 6.92 Å². The normalized spacial score (nSPS) is 14.2. The van der Waals surface area contributed by atoms with Gasteiger partial charge in [-0.05, 0) is 70.2 Å². The smallest absolute Gasteiger partial charge is 0.407 e. The second kappa shape index (κ2) is 11.9. The van der Waals surface area contributed by atoms with Crippen LogP contribution in [-0.2, 0) is 14.8 Å². The van der Waals surface area contributed by atoms with Crippen LogP contribution in [0.2, 0.25) is 0 Å². The van der Waals surface area contributed by atoms with Crippen LogP contribution >= 0.6 is 11.3 Å². The van der Waals surface area contributed by atoms with E-state index in [0.29, 0.717) is 12.8 Å². The third-order valence-electron chi connectivity index (χ3n) is 5.34. The number of nitrogens with zero attached hydrogens (tertiary/aromatic N) is 1. The molecule has 1 unspecified atom stereocenters. The number of thiophene rings is 1. The maximum atomic E-state index is 12.5. The average molecular weight is 547 g/mol. The van der Waals surface area contributed by atoms with E-state index in [1.807, 2.05) is 37.3 Å². The monoisotopic (exact) mass is 546 g/mol. The molecular weight excluding hydrogens is 512 g/mol. The van der Waals surface area contributed by atoms with Crippen molar-refractivity contribution in [2.75, 3.05) is 6.54 Å². The molecule has 3 rings (SSSR count). The lowest BCUT2D eigenvalue weighted by molar-refractivity contribution is 0.0415. The molecule has 0 aliphatic rings. The minimum Gasteiger partial charge on any atom is -0.444 e. The lowest BCUT2D eigenvalue weighted by Gasteiger charge is -2.26. The third kappa shape index (κ3) is 8.44. The third-order valence-corrected chi connectivity index (χ3v) is 7.90. The van der Waals surface area contributed by atoms with Crippen molar-refractivity contribution in [1.29, 1.82) is 0 Å². The summed E-state index contributed by atoms with van der Waals surface area (Å²) in [7, 11) is -3.84. The number of aliphatic imine (C=N–C) groups is 1. The van der Waals surface area contributed by atoms with Crippen molar-refractivity contribution in [3.8, 4) is 0 Å². The second-order valence-electron chi connectivity index (χ2n) is 9.71. The van der Waals surface area contributed by atoms with Gasteiger partial charge in [-0.25, -0.2) is 17.9 Å². The van der Waals surface area contributed by atoms with Gasteiger partial charge < -0.3 is 20.9 Å². The van der Waals surface area contributed by atoms with E-state index < -0.39 is 33.9 Å². The summed E-state index contributed by atoms with van der Waals surface area (Å²) in [5, 5.41) is 14.9. The first-order valence-electron chi connectivity index (χ1n) is 11.9. The second-order valence-corrected chi connectivity index (χ2v) is 12.5. The Labute approximate surface area is 221 Å². The van der Waals surface area contributed by atoms with Crippen LogP contribution in [0.5, 0.6) is 0 Å². The molecule has 0 aliphatic carbocycles. The van der Waals surface area contributed by atoms with Crippen molar-refractivity contribution < 1.29 is 23.1 Å². The quantitative estimate of drug-likeness (QED) is 0.180. The van der Waals surface area contributed by atoms with Gasteiger partial charge in [0.15, 0.2) is 0 Å². The number of carbonyl (C=O) groups excluding carboxylic acids is 1. The largest absolute Gasteiger partial charge is 0.444 e. The minimum absolute atomic E-state index is 0.0873. The zero-order chi connectivity index (χ0) is 27.2. The standard InChI is InChI=1S/C26H34N4O5S2/c1-17-11-13-19(14-12-17)37(33,34)30-24(27)28-15-7-9-20(29-25(32)35-26(2,3)4)23(31)22-16-18-8-5-6-10-21(18)36-22/h5-6,8,10-14,16,20,23,31H,7,9,15H2,1-4H3,(H,29,32)(H3,27,28,30)/t20-,23?/m0/s1. The molecule has 37 heavy (non-hydrogen) atoms. The lowest BCUT2D eigenvalue weighted by atomic mass is 10.0. The molecule has 0 bridgehead atoms. The Kier molecular flexibility index (Phi) is 9.16. The number of hydrogen-bond donors (Lipinski definition) is 4. The number of aliphatic hydroxyl groups is 1. The van der Waals surface area contributed by atoms with Crippen molar-refractivity contribution in [2.45, 2.75) is 63.2 Å². The molecule has 1 heterocycles. The molecule has 3 aromatic rings. The van der Waals surface area contributed by atoms with Gasteiger partial charge in [0.05, 0.1) is 10.9 Å². The minimum atomic E-state index is -3.84. The first-order chi connectivity index (χ1) is 17.3. The van der Waals surface area contributed by atoms with Crippen LogP contribution in [0.4, 0.5) is 4.79 Å². The summed E-state index contributed by atoms with van der Waals surface area (Å²) in [6.45, 7) is 7.34. The van der Waals surface area contributed by atoms with E-state index in [0.717, 1.165) is 20.5 Å². The fourth-order valence-corrected chi connectivity index (χ4v) is 5.64. The van der Waals surface area contributed by atoms with Gasteiger partial charge in [0.2, 0.25) is 5.96 Å². The van der Waals surface area contributed by atoms with Gasteiger partial charge in [-0.3, -0.25) is 4.99 Å². The van der Waals surface area contributed by atoms with Gasteiger partial charge in [0, 0.05) is 16.1 Å². The van der Waals surface area contributed by atoms with Crippen molar-refractivity contribution in [3.05, 3.63) is 65.0 Å². The van der Waals surface area contributed by atoms with Gasteiger partial charge in [0.25, 0.3) is 10.0 Å². The molecule has 1 amide bonds. The van der Waals surface area contributed by atoms with Crippen LogP contribution in [0.25, 0.3) is 10.1 Å². The van der Waals surface area contributed by atoms with E-state index in [-0.39, 0.29) is 17.4 Å². The summed E-state index contributed by atoms with van der Waals surface area (Å²) in [4.78, 5) is 17.4. The number of aryl methyl sites for hydroxylation is 1. The van der Waals surface area contributed by atoms with Gasteiger partial charge in [-0.1, -0.05) is 35.9 Å². The number of sulfonamides is 1. The lowest BCUT2D eigenvalue weighted by Crippen LogP contribution is -2.42. The number of fused-ring (bicyclic) bond motifs is 1. The molecule has 0 saturated carbocycles. The molecule has 200 valence electrons. The first kappa shape index (κ1) is 28.4. The molecule has 0 spiro atoms. The highest BCUT2D eigenvalue weighted by molar-refractivity contribution is 7.90. The Morgan fingerprint density at radius 1 is 1.16 bits per heavy atom. The Hall–Kier alpha value is -3.15. The number of amides is 1. The molecule has 11 heteroatoms. The van der Waals surface area contributed by atoms with Crippen LogP contribution < -0.4 is 15.8 Å². The number of alkyl carbamates (subject to hydrolysis) is 1. The Balaban J connectivity index is 1.65. The van der Waals surface area contributed by atoms with Gasteiger partial charge in [-0.15, -0.1) is 11.3 Å². The summed E-state index contributed by atoms with van der Waals surface area (Å²) in [6, 6.07) is 15.4. The van der Waals surface area contributed by atoms with E-state index in [4.69, 9.17) is 10.5 Å². The van der Waals surface area contributed by atoms with E-state index in [1.165, 1.54) is 23.5 Å². The molecular formula is C26H34N4O5S2. The summed E-state index contributed by atoms with van der Waals surface area (Å²) in [6.07, 6.45) is -0.816. The van der Waals surface area contributed by atoms with Crippen LogP contribution in [0.15, 0.2) is 64.5 Å². The highest BCUT2D eigenvalue weighted by atomic mass is 32.2. The first-order valence-corrected chi connectivity index (χ1v) is 14.2. The Morgan fingerprint density at radius 2 is 1.84 bits per heavy atom. The van der Waals surface area contributed by atoms with Crippen LogP contribution in [0.1, 0.15) is 50.2 Å².